The summed E-state index contributed by atoms with van der Waals surface area (Å²) in [5.41, 5.74) is 1.93. The Hall–Kier alpha value is -1.89. The average molecular weight is 284 g/mol. The highest BCUT2D eigenvalue weighted by Gasteiger charge is 2.22. The predicted octanol–water partition coefficient (Wildman–Crippen LogP) is 1.25. The lowest BCUT2D eigenvalue weighted by Crippen LogP contribution is -2.30. The Labute approximate surface area is 115 Å². The van der Waals surface area contributed by atoms with Crippen LogP contribution >= 0.6 is 11.6 Å². The average Bonchev–Trinajstić information content (AvgIpc) is 2.78. The number of hydrogen-bond acceptors (Lipinski definition) is 3. The summed E-state index contributed by atoms with van der Waals surface area (Å²) >= 11 is 6.05. The lowest BCUT2D eigenvalue weighted by molar-refractivity contribution is -0.485. The van der Waals surface area contributed by atoms with Crippen LogP contribution in [0.1, 0.15) is 18.1 Å². The quantitative estimate of drug-likeness (QED) is 0.511. The molecular formula is C11H14ClN5O2. The van der Waals surface area contributed by atoms with Gasteiger partial charge in [-0.2, -0.15) is 0 Å². The van der Waals surface area contributed by atoms with E-state index < -0.39 is 5.03 Å². The number of nitro groups is 1. The van der Waals surface area contributed by atoms with Crippen molar-refractivity contribution in [3.8, 4) is 0 Å². The maximum atomic E-state index is 10.4. The molecule has 0 unspecified atom stereocenters. The van der Waals surface area contributed by atoms with Gasteiger partial charge in [0.25, 0.3) is 5.96 Å². The van der Waals surface area contributed by atoms with Crippen LogP contribution < -0.4 is 5.32 Å². The number of pyridine rings is 1. The first-order chi connectivity index (χ1) is 9.10. The van der Waals surface area contributed by atoms with Gasteiger partial charge in [0.15, 0.2) is 5.03 Å². The molecule has 1 fully saturated rings. The Kier molecular flexibility index (Phi) is 4.16. The van der Waals surface area contributed by atoms with Crippen molar-refractivity contribution in [3.63, 3.8) is 0 Å². The molecule has 7 nitrogen and oxygen atoms in total. The molecule has 19 heavy (non-hydrogen) atoms. The summed E-state index contributed by atoms with van der Waals surface area (Å²) in [5, 5.41) is 16.3. The zero-order chi connectivity index (χ0) is 13.8. The van der Waals surface area contributed by atoms with Crippen LogP contribution in [0, 0.1) is 10.1 Å². The van der Waals surface area contributed by atoms with Gasteiger partial charge in [0.1, 0.15) is 10.3 Å². The summed E-state index contributed by atoms with van der Waals surface area (Å²) in [7, 11) is 0. The zero-order valence-corrected chi connectivity index (χ0v) is 11.2. The van der Waals surface area contributed by atoms with Gasteiger partial charge >= 0.3 is 0 Å². The van der Waals surface area contributed by atoms with Crippen LogP contribution in [0.3, 0.4) is 0 Å². The van der Waals surface area contributed by atoms with Crippen LogP contribution in [-0.4, -0.2) is 34.0 Å². The molecule has 0 bridgehead atoms. The molecule has 102 valence electrons. The summed E-state index contributed by atoms with van der Waals surface area (Å²) in [4.78, 5) is 16.3. The maximum Gasteiger partial charge on any atom is 0.271 e. The first-order valence-corrected chi connectivity index (χ1v) is 6.33. The van der Waals surface area contributed by atoms with E-state index in [0.717, 1.165) is 17.5 Å². The second-order valence-electron chi connectivity index (χ2n) is 4.16. The number of aryl methyl sites for hydroxylation is 1. The fourth-order valence-electron chi connectivity index (χ4n) is 1.90. The molecule has 2 rings (SSSR count). The summed E-state index contributed by atoms with van der Waals surface area (Å²) in [5.74, 6) is 0.267. The van der Waals surface area contributed by atoms with E-state index >= 15 is 0 Å². The van der Waals surface area contributed by atoms with Crippen molar-refractivity contribution in [2.75, 3.05) is 13.1 Å². The van der Waals surface area contributed by atoms with E-state index in [-0.39, 0.29) is 5.96 Å². The first kappa shape index (κ1) is 13.5. The molecule has 2 heterocycles. The zero-order valence-electron chi connectivity index (χ0n) is 10.5. The van der Waals surface area contributed by atoms with Crippen LogP contribution in [-0.2, 0) is 13.0 Å². The number of nitrogens with zero attached hydrogens (tertiary/aromatic N) is 4. The minimum Gasteiger partial charge on any atom is -0.349 e. The molecule has 1 saturated heterocycles. The molecular weight excluding hydrogens is 270 g/mol. The highest BCUT2D eigenvalue weighted by atomic mass is 35.5. The summed E-state index contributed by atoms with van der Waals surface area (Å²) in [6, 6.07) is 1.97. The molecule has 1 aromatic heterocycles. The van der Waals surface area contributed by atoms with E-state index in [1.165, 1.54) is 0 Å². The standard InChI is InChI=1S/C11H14ClN5O2/c1-2-8-5-9(10(12)14-6-8)7-16-4-3-13-11(16)15-17(18)19/h5-6H,2-4,7H2,1H3,(H,13,15). The number of guanidine groups is 1. The Bertz CT molecular complexity index is 520. The van der Waals surface area contributed by atoms with Gasteiger partial charge in [-0.3, -0.25) is 0 Å². The van der Waals surface area contributed by atoms with E-state index in [0.29, 0.717) is 24.8 Å². The molecule has 0 saturated carbocycles. The van der Waals surface area contributed by atoms with Crippen molar-refractivity contribution in [2.24, 2.45) is 5.10 Å². The largest absolute Gasteiger partial charge is 0.349 e. The Morgan fingerprint density at radius 1 is 1.68 bits per heavy atom. The van der Waals surface area contributed by atoms with Crippen LogP contribution in [0.25, 0.3) is 0 Å². The van der Waals surface area contributed by atoms with Gasteiger partial charge in [0.2, 0.25) is 0 Å². The molecule has 1 N–H and O–H groups in total. The van der Waals surface area contributed by atoms with Gasteiger partial charge in [-0.25, -0.2) is 15.1 Å². The van der Waals surface area contributed by atoms with Gasteiger partial charge in [0.05, 0.1) is 0 Å². The van der Waals surface area contributed by atoms with Gasteiger partial charge in [-0.05, 0) is 18.1 Å². The monoisotopic (exact) mass is 283 g/mol. The second kappa shape index (κ2) is 5.83. The molecule has 0 atom stereocenters. The SMILES string of the molecule is CCc1cnc(Cl)c(CN2CCN/C2=N\[N+](=O)[O-])c1. The van der Waals surface area contributed by atoms with Crippen LogP contribution in [0.2, 0.25) is 5.15 Å². The van der Waals surface area contributed by atoms with Crippen molar-refractivity contribution < 1.29 is 5.03 Å². The van der Waals surface area contributed by atoms with Gasteiger partial charge in [0, 0.05) is 31.4 Å². The molecule has 1 aliphatic heterocycles. The smallest absolute Gasteiger partial charge is 0.271 e. The Morgan fingerprint density at radius 3 is 3.16 bits per heavy atom. The van der Waals surface area contributed by atoms with Crippen molar-refractivity contribution in [1.82, 2.24) is 15.2 Å². The van der Waals surface area contributed by atoms with E-state index in [4.69, 9.17) is 11.6 Å². The van der Waals surface area contributed by atoms with Crippen molar-refractivity contribution in [2.45, 2.75) is 19.9 Å². The number of rotatable bonds is 4. The number of nitrogens with one attached hydrogen (secondary N) is 1. The third-order valence-electron chi connectivity index (χ3n) is 2.88. The van der Waals surface area contributed by atoms with Gasteiger partial charge < -0.3 is 10.2 Å². The highest BCUT2D eigenvalue weighted by Crippen LogP contribution is 2.18. The van der Waals surface area contributed by atoms with Crippen LogP contribution in [0.4, 0.5) is 0 Å². The summed E-state index contributed by atoms with van der Waals surface area (Å²) < 4.78 is 0. The van der Waals surface area contributed by atoms with E-state index in [9.17, 15) is 10.1 Å². The lowest BCUT2D eigenvalue weighted by atomic mass is 10.1. The van der Waals surface area contributed by atoms with Gasteiger partial charge in [-0.15, -0.1) is 0 Å². The minimum atomic E-state index is -0.705. The van der Waals surface area contributed by atoms with Crippen molar-refractivity contribution >= 4 is 17.6 Å². The van der Waals surface area contributed by atoms with Crippen LogP contribution in [0.5, 0.6) is 0 Å². The number of aromatic nitrogens is 1. The molecule has 0 aromatic carbocycles. The van der Waals surface area contributed by atoms with Crippen molar-refractivity contribution in [1.29, 1.82) is 0 Å². The van der Waals surface area contributed by atoms with E-state index in [2.05, 4.69) is 15.4 Å². The van der Waals surface area contributed by atoms with Gasteiger partial charge in [-0.1, -0.05) is 18.5 Å². The Morgan fingerprint density at radius 2 is 2.47 bits per heavy atom. The third-order valence-corrected chi connectivity index (χ3v) is 3.22. The topological polar surface area (TPSA) is 83.7 Å². The molecule has 8 heteroatoms. The molecule has 0 amide bonds. The number of halogens is 1. The van der Waals surface area contributed by atoms with Crippen molar-refractivity contribution in [3.05, 3.63) is 38.7 Å². The second-order valence-corrected chi connectivity index (χ2v) is 4.51. The highest BCUT2D eigenvalue weighted by molar-refractivity contribution is 6.30. The fourth-order valence-corrected chi connectivity index (χ4v) is 2.07. The Balaban J connectivity index is 2.18. The molecule has 0 aliphatic carbocycles. The van der Waals surface area contributed by atoms with Crippen LogP contribution in [0.15, 0.2) is 17.4 Å². The molecule has 0 radical (unpaired) electrons. The predicted molar refractivity (Wildman–Crippen MR) is 71.5 cm³/mol. The normalized spacial score (nSPS) is 16.7. The summed E-state index contributed by atoms with van der Waals surface area (Å²) in [6.45, 7) is 3.77. The molecule has 0 spiro atoms. The third kappa shape index (κ3) is 3.31. The number of hydrazone groups is 1. The van der Waals surface area contributed by atoms with E-state index in [1.807, 2.05) is 13.0 Å². The number of hydrogen-bond donors (Lipinski definition) is 1. The first-order valence-electron chi connectivity index (χ1n) is 5.95. The molecule has 1 aliphatic rings. The fraction of sp³-hybridized carbons (Fsp3) is 0.455. The minimum absolute atomic E-state index is 0.267. The van der Waals surface area contributed by atoms with E-state index in [1.54, 1.807) is 11.1 Å². The molecule has 1 aromatic rings. The lowest BCUT2D eigenvalue weighted by Gasteiger charge is -2.16. The summed E-state index contributed by atoms with van der Waals surface area (Å²) in [6.07, 6.45) is 2.60. The maximum absolute atomic E-state index is 10.4.